The lowest BCUT2D eigenvalue weighted by Crippen LogP contribution is -2.36. The van der Waals surface area contributed by atoms with Gasteiger partial charge >= 0.3 is 0 Å². The summed E-state index contributed by atoms with van der Waals surface area (Å²) in [5, 5.41) is 9.11. The van der Waals surface area contributed by atoms with E-state index in [4.69, 9.17) is 20.6 Å². The topological polar surface area (TPSA) is 106 Å². The molecule has 1 amide bonds. The van der Waals surface area contributed by atoms with Gasteiger partial charge in [0.25, 0.3) is 0 Å². The van der Waals surface area contributed by atoms with Gasteiger partial charge in [0.2, 0.25) is 11.9 Å². The van der Waals surface area contributed by atoms with Crippen LogP contribution in [-0.2, 0) is 4.79 Å². The number of carbonyl (C=O) groups excluding carboxylic acids is 1. The molecule has 0 saturated carbocycles. The maximum atomic E-state index is 13.4. The van der Waals surface area contributed by atoms with Crippen LogP contribution in [0.15, 0.2) is 66.9 Å². The molecule has 0 unspecified atom stereocenters. The van der Waals surface area contributed by atoms with Crippen LogP contribution in [0.2, 0.25) is 0 Å². The van der Waals surface area contributed by atoms with Gasteiger partial charge in [-0.05, 0) is 54.5 Å². The van der Waals surface area contributed by atoms with Crippen LogP contribution in [0.3, 0.4) is 0 Å². The Labute approximate surface area is 194 Å². The Morgan fingerprint density at radius 3 is 2.68 bits per heavy atom. The number of amides is 1. The van der Waals surface area contributed by atoms with E-state index in [1.807, 2.05) is 24.3 Å². The quantitative estimate of drug-likeness (QED) is 0.473. The van der Waals surface area contributed by atoms with Crippen LogP contribution in [0, 0.1) is 5.82 Å². The van der Waals surface area contributed by atoms with Crippen LogP contribution >= 0.6 is 0 Å². The van der Waals surface area contributed by atoms with Gasteiger partial charge in [-0.25, -0.2) is 14.4 Å². The van der Waals surface area contributed by atoms with Crippen LogP contribution in [0.1, 0.15) is 12.1 Å². The molecule has 2 aromatic heterocycles. The van der Waals surface area contributed by atoms with E-state index in [1.165, 1.54) is 12.1 Å². The molecule has 0 bridgehead atoms. The van der Waals surface area contributed by atoms with Crippen LogP contribution in [-0.4, -0.2) is 50.0 Å². The fourth-order valence-corrected chi connectivity index (χ4v) is 4.04. The van der Waals surface area contributed by atoms with Crippen molar-refractivity contribution in [3.05, 3.63) is 78.4 Å². The Hall–Kier alpha value is -4.24. The second kappa shape index (κ2) is 8.95. The number of nitrogens with two attached hydrogens (primary N) is 1. The Bertz CT molecular complexity index is 1400. The zero-order valence-corrected chi connectivity index (χ0v) is 18.2. The molecule has 1 aliphatic heterocycles. The number of fused-ring (bicyclic) bond motifs is 1. The second-order valence-electron chi connectivity index (χ2n) is 7.87. The molecule has 8 nitrogen and oxygen atoms in total. The molecule has 0 spiro atoms. The summed E-state index contributed by atoms with van der Waals surface area (Å²) in [7, 11) is 0. The third kappa shape index (κ3) is 4.08. The van der Waals surface area contributed by atoms with Crippen molar-refractivity contribution in [3.63, 3.8) is 0 Å². The number of nitrogen functional groups attached to an aromatic ring is 1. The van der Waals surface area contributed by atoms with Crippen LogP contribution < -0.4 is 10.5 Å². The maximum Gasteiger partial charge on any atom is 0.248 e. The predicted octanol–water partition coefficient (Wildman–Crippen LogP) is 3.52. The molecule has 1 aliphatic rings. The highest BCUT2D eigenvalue weighted by Gasteiger charge is 2.22. The molecular weight excluding hydrogens is 437 g/mol. The predicted molar refractivity (Wildman–Crippen MR) is 126 cm³/mol. The number of hydrogen-bond acceptors (Lipinski definition) is 6. The molecule has 172 valence electrons. The lowest BCUT2D eigenvalue weighted by Gasteiger charge is -2.25. The van der Waals surface area contributed by atoms with Crippen molar-refractivity contribution in [2.75, 3.05) is 25.4 Å². The van der Waals surface area contributed by atoms with E-state index in [0.717, 1.165) is 22.3 Å². The zero-order valence-electron chi connectivity index (χ0n) is 18.2. The third-order valence-electron chi connectivity index (χ3n) is 5.73. The van der Waals surface area contributed by atoms with Crippen molar-refractivity contribution in [1.82, 2.24) is 19.3 Å². The Balaban J connectivity index is 1.48. The molecule has 0 saturated heterocycles. The van der Waals surface area contributed by atoms with E-state index in [1.54, 1.807) is 39.8 Å². The van der Waals surface area contributed by atoms with Gasteiger partial charge in [-0.1, -0.05) is 12.1 Å². The van der Waals surface area contributed by atoms with Gasteiger partial charge in [-0.15, -0.1) is 0 Å². The number of halogens is 1. The summed E-state index contributed by atoms with van der Waals surface area (Å²) in [5.74, 6) is 1.24. The summed E-state index contributed by atoms with van der Waals surface area (Å²) in [6.45, 7) is 0.421. The highest BCUT2D eigenvalue weighted by molar-refractivity contribution is 5.83. The van der Waals surface area contributed by atoms with Gasteiger partial charge in [-0.3, -0.25) is 9.20 Å². The monoisotopic (exact) mass is 459 g/mol. The molecule has 34 heavy (non-hydrogen) atoms. The minimum absolute atomic E-state index is 0.292. The number of carbonyl (C=O) groups is 1. The number of nitrogens with zero attached hydrogens (tertiary/aromatic N) is 4. The molecule has 2 aromatic carbocycles. The number of anilines is 1. The summed E-state index contributed by atoms with van der Waals surface area (Å²) in [6, 6.07) is 15.1. The number of aromatic nitrogens is 3. The fourth-order valence-electron chi connectivity index (χ4n) is 4.04. The molecule has 3 N–H and O–H groups in total. The van der Waals surface area contributed by atoms with E-state index < -0.39 is 6.61 Å². The van der Waals surface area contributed by atoms with Gasteiger partial charge in [0, 0.05) is 30.9 Å². The number of benzene rings is 2. The third-order valence-corrected chi connectivity index (χ3v) is 5.73. The number of aliphatic hydroxyl groups excluding tert-OH is 1. The van der Waals surface area contributed by atoms with E-state index >= 15 is 0 Å². The second-order valence-corrected chi connectivity index (χ2v) is 7.87. The van der Waals surface area contributed by atoms with Crippen LogP contribution in [0.5, 0.6) is 11.5 Å². The first-order valence-corrected chi connectivity index (χ1v) is 10.8. The van der Waals surface area contributed by atoms with Crippen molar-refractivity contribution >= 4 is 22.9 Å². The lowest BCUT2D eigenvalue weighted by molar-refractivity contribution is -0.133. The summed E-state index contributed by atoms with van der Waals surface area (Å²) >= 11 is 0. The van der Waals surface area contributed by atoms with Crippen molar-refractivity contribution in [2.45, 2.75) is 6.42 Å². The van der Waals surface area contributed by atoms with Crippen LogP contribution in [0.4, 0.5) is 10.3 Å². The summed E-state index contributed by atoms with van der Waals surface area (Å²) in [6.07, 6.45) is 4.21. The molecular formula is C25H22FN5O3. The maximum absolute atomic E-state index is 13.4. The lowest BCUT2D eigenvalue weighted by atomic mass is 10.0. The minimum Gasteiger partial charge on any atom is -0.457 e. The number of rotatable bonds is 5. The summed E-state index contributed by atoms with van der Waals surface area (Å²) in [5.41, 5.74) is 9.62. The van der Waals surface area contributed by atoms with Crippen molar-refractivity contribution in [2.24, 2.45) is 0 Å². The molecule has 4 aromatic rings. The first-order valence-electron chi connectivity index (χ1n) is 10.8. The summed E-state index contributed by atoms with van der Waals surface area (Å²) < 4.78 is 21.0. The van der Waals surface area contributed by atoms with Crippen LogP contribution in [0.25, 0.3) is 22.5 Å². The van der Waals surface area contributed by atoms with Crippen molar-refractivity contribution in [3.8, 4) is 22.9 Å². The van der Waals surface area contributed by atoms with Gasteiger partial charge in [0.15, 0.2) is 0 Å². The number of imidazole rings is 1. The van der Waals surface area contributed by atoms with E-state index in [9.17, 15) is 9.18 Å². The molecule has 5 rings (SSSR count). The molecule has 3 heterocycles. The first-order chi connectivity index (χ1) is 16.5. The highest BCUT2D eigenvalue weighted by atomic mass is 19.1. The fraction of sp³-hybridized carbons (Fsp3) is 0.160. The smallest absolute Gasteiger partial charge is 0.248 e. The van der Waals surface area contributed by atoms with Crippen molar-refractivity contribution in [1.29, 1.82) is 0 Å². The Morgan fingerprint density at radius 1 is 1.15 bits per heavy atom. The minimum atomic E-state index is -0.498. The Kier molecular flexibility index (Phi) is 5.69. The van der Waals surface area contributed by atoms with Gasteiger partial charge < -0.3 is 20.5 Å². The Morgan fingerprint density at radius 2 is 1.97 bits per heavy atom. The molecule has 0 radical (unpaired) electrons. The normalized spacial score (nSPS) is 13.7. The van der Waals surface area contributed by atoms with E-state index in [0.29, 0.717) is 42.8 Å². The summed E-state index contributed by atoms with van der Waals surface area (Å²) in [4.78, 5) is 22.5. The van der Waals surface area contributed by atoms with Gasteiger partial charge in [0.1, 0.15) is 29.7 Å². The molecule has 0 aliphatic carbocycles. The molecule has 0 atom stereocenters. The standard InChI is InChI=1S/C25H22FN5O3/c26-18-2-1-3-20(14-18)34-19-6-4-17(5-7-19)24-29-23(21-8-11-28-25(27)31(21)24)16-9-12-30(13-10-16)22(33)15-32/h1-9,11,14,32H,10,12-13,15H2,(H2,27,28). The first kappa shape index (κ1) is 21.6. The number of aliphatic hydroxyl groups is 1. The average Bonchev–Trinajstić information content (AvgIpc) is 3.25. The largest absolute Gasteiger partial charge is 0.457 e. The molecule has 9 heteroatoms. The average molecular weight is 459 g/mol. The molecule has 0 fully saturated rings. The van der Waals surface area contributed by atoms with E-state index in [2.05, 4.69) is 4.98 Å². The number of ether oxygens (including phenoxy) is 1. The highest BCUT2D eigenvalue weighted by Crippen LogP contribution is 2.32. The van der Waals surface area contributed by atoms with Gasteiger partial charge in [0.05, 0.1) is 11.2 Å². The SMILES string of the molecule is Nc1nccc2c(C3=CCN(C(=O)CO)CC3)nc(-c3ccc(Oc4cccc(F)c4)cc3)n12. The van der Waals surface area contributed by atoms with E-state index in [-0.39, 0.29) is 11.7 Å². The van der Waals surface area contributed by atoms with Gasteiger partial charge in [-0.2, -0.15) is 0 Å². The van der Waals surface area contributed by atoms with Crippen molar-refractivity contribution < 1.29 is 19.0 Å². The zero-order chi connectivity index (χ0) is 23.7. The number of hydrogen-bond donors (Lipinski definition) is 2.